The molecule has 3 heterocycles. The van der Waals surface area contributed by atoms with Crippen LogP contribution in [0.25, 0.3) is 0 Å². The second kappa shape index (κ2) is 16.3. The maximum absolute atomic E-state index is 10.9. The highest BCUT2D eigenvalue weighted by atomic mass is 32.2. The molecule has 1 unspecified atom stereocenters. The number of likely N-dealkylation sites (N-methyl/N-ethyl adjacent to an activating group) is 1. The van der Waals surface area contributed by atoms with Gasteiger partial charge in [-0.05, 0) is 81.1 Å². The van der Waals surface area contributed by atoms with Crippen LogP contribution >= 0.6 is 0 Å². The zero-order chi connectivity index (χ0) is 39.7. The number of phenolic OH excluding ortho intramolecular Hbond substituents is 2. The number of ether oxygens (including phenoxy) is 5. The van der Waals surface area contributed by atoms with E-state index in [1.54, 1.807) is 0 Å². The van der Waals surface area contributed by atoms with Gasteiger partial charge in [-0.15, -0.1) is 0 Å². The van der Waals surface area contributed by atoms with Gasteiger partial charge in [-0.1, -0.05) is 6.07 Å². The van der Waals surface area contributed by atoms with Gasteiger partial charge in [0.25, 0.3) is 20.2 Å². The largest absolute Gasteiger partial charge is 0.504 e. The van der Waals surface area contributed by atoms with Gasteiger partial charge in [-0.3, -0.25) is 14.0 Å². The number of hydrogen-bond acceptors (Lipinski definition) is 14. The van der Waals surface area contributed by atoms with Crippen molar-refractivity contribution in [1.29, 1.82) is 0 Å². The van der Waals surface area contributed by atoms with Crippen LogP contribution in [-0.2, 0) is 36.8 Å². The Hall–Kier alpha value is -3.88. The van der Waals surface area contributed by atoms with Crippen molar-refractivity contribution in [1.82, 2.24) is 9.80 Å². The topological polar surface area (TPSA) is 222 Å². The smallest absolute Gasteiger partial charge is 0.294 e. The summed E-state index contributed by atoms with van der Waals surface area (Å²) in [6.07, 6.45) is 3.61. The fourth-order valence-electron chi connectivity index (χ4n) is 8.56. The summed E-state index contributed by atoms with van der Waals surface area (Å²) in [5.41, 5.74) is 2.76. The molecule has 2 saturated heterocycles. The Bertz CT molecular complexity index is 1990. The first-order chi connectivity index (χ1) is 26.1. The average Bonchev–Trinajstić information content (AvgIpc) is 3.51. The number of phenols is 2. The summed E-state index contributed by atoms with van der Waals surface area (Å²) in [5.74, 6) is 1.99. The highest BCUT2D eigenvalue weighted by Crippen LogP contribution is 2.63. The van der Waals surface area contributed by atoms with Crippen LogP contribution in [0.4, 0.5) is 0 Å². The van der Waals surface area contributed by atoms with Crippen LogP contribution < -0.4 is 18.9 Å². The molecule has 3 fully saturated rings. The molecule has 0 radical (unpaired) electrons. The highest BCUT2D eigenvalue weighted by Gasteiger charge is 2.65. The van der Waals surface area contributed by atoms with Gasteiger partial charge in [0.2, 0.25) is 0 Å². The minimum absolute atomic E-state index is 0.00451. The molecule has 18 heteroatoms. The summed E-state index contributed by atoms with van der Waals surface area (Å²) >= 11 is 0. The molecule has 1 spiro atoms. The summed E-state index contributed by atoms with van der Waals surface area (Å²) in [6.45, 7) is 6.22. The predicted molar refractivity (Wildman–Crippen MR) is 198 cm³/mol. The van der Waals surface area contributed by atoms with Crippen LogP contribution in [0.15, 0.2) is 58.3 Å². The molecular formula is C37H48N2O14S2. The molecule has 2 aliphatic carbocycles. The maximum atomic E-state index is 10.9. The van der Waals surface area contributed by atoms with Crippen molar-refractivity contribution in [2.75, 3.05) is 67.3 Å². The van der Waals surface area contributed by atoms with E-state index in [9.17, 15) is 21.9 Å². The Balaban J connectivity index is 0.000000165. The molecule has 2 bridgehead atoms. The van der Waals surface area contributed by atoms with Crippen LogP contribution in [0.2, 0.25) is 0 Å². The van der Waals surface area contributed by atoms with Gasteiger partial charge in [0.1, 0.15) is 12.7 Å². The van der Waals surface area contributed by atoms with E-state index in [-0.39, 0.29) is 50.4 Å². The molecule has 16 nitrogen and oxygen atoms in total. The van der Waals surface area contributed by atoms with Gasteiger partial charge in [-0.2, -0.15) is 16.8 Å². The van der Waals surface area contributed by atoms with E-state index in [0.717, 1.165) is 113 Å². The second-order valence-corrected chi connectivity index (χ2v) is 17.0. The van der Waals surface area contributed by atoms with Crippen molar-refractivity contribution >= 4 is 20.2 Å². The fourth-order valence-corrected chi connectivity index (χ4v) is 9.55. The number of aliphatic hydroxyl groups is 1. The van der Waals surface area contributed by atoms with Gasteiger partial charge in [-0.25, -0.2) is 0 Å². The fraction of sp³-hybridized carbons (Fsp3) is 0.514. The first kappa shape index (κ1) is 40.8. The number of piperidine rings is 1. The number of benzene rings is 3. The lowest BCUT2D eigenvalue weighted by Gasteiger charge is -2.58. The second-order valence-electron chi connectivity index (χ2n) is 14.2. The number of likely N-dealkylation sites (tertiary alicyclic amines) is 1. The maximum Gasteiger partial charge on any atom is 0.294 e. The van der Waals surface area contributed by atoms with Crippen LogP contribution in [0.5, 0.6) is 34.5 Å². The Morgan fingerprint density at radius 3 is 2.00 bits per heavy atom. The Morgan fingerprint density at radius 2 is 1.44 bits per heavy atom. The number of morpholine rings is 1. The number of rotatable bonds is 8. The van der Waals surface area contributed by atoms with Crippen LogP contribution in [0.3, 0.4) is 0 Å². The minimum Gasteiger partial charge on any atom is -0.504 e. The summed E-state index contributed by atoms with van der Waals surface area (Å²) < 4.78 is 87.4. The normalized spacial score (nSPS) is 25.6. The van der Waals surface area contributed by atoms with E-state index in [4.69, 9.17) is 33.5 Å². The first-order valence-corrected chi connectivity index (χ1v) is 20.8. The number of methoxy groups -OCH3 is 2. The molecule has 0 amide bonds. The molecule has 3 aliphatic heterocycles. The van der Waals surface area contributed by atoms with Gasteiger partial charge in [0, 0.05) is 48.8 Å². The van der Waals surface area contributed by atoms with Crippen molar-refractivity contribution in [2.45, 2.75) is 59.1 Å². The standard InChI is InChI=1S/C23H32N2O4.2C7H8O5S/c1-24-7-6-23-16-3-4-18(26)22(23)29-21-19(5-2-15(20(21)23)14-17(16)24)28-13-10-25-8-11-27-12-9-25;2*1-12-7-4-5(13(9,10)11)2-3-6(7)8/h2,5,16-18,22,26H,3-4,6-14H2,1H3;2*2-4,8H,1H3,(H,9,10,11)/t16-,17?,18-,22-,23-;;/m0../s1. The van der Waals surface area contributed by atoms with Crippen molar-refractivity contribution in [3.05, 3.63) is 59.7 Å². The van der Waals surface area contributed by atoms with E-state index in [0.29, 0.717) is 18.6 Å². The molecule has 302 valence electrons. The lowest BCUT2D eigenvalue weighted by molar-refractivity contribution is -0.0993. The van der Waals surface area contributed by atoms with Crippen molar-refractivity contribution in [3.63, 3.8) is 0 Å². The minimum atomic E-state index is -4.24. The molecule has 3 aromatic rings. The lowest BCUT2D eigenvalue weighted by atomic mass is 9.51. The quantitative estimate of drug-likeness (QED) is 0.207. The van der Waals surface area contributed by atoms with Crippen LogP contribution in [0, 0.1) is 5.92 Å². The van der Waals surface area contributed by atoms with E-state index >= 15 is 0 Å². The van der Waals surface area contributed by atoms with E-state index in [2.05, 4.69) is 38.5 Å². The van der Waals surface area contributed by atoms with Gasteiger partial charge in [0.15, 0.2) is 34.5 Å². The Morgan fingerprint density at radius 1 is 0.836 bits per heavy atom. The monoisotopic (exact) mass is 808 g/mol. The zero-order valence-electron chi connectivity index (χ0n) is 30.8. The molecule has 0 aromatic heterocycles. The average molecular weight is 809 g/mol. The third-order valence-electron chi connectivity index (χ3n) is 11.2. The predicted octanol–water partition coefficient (Wildman–Crippen LogP) is 2.72. The first-order valence-electron chi connectivity index (χ1n) is 17.9. The molecule has 55 heavy (non-hydrogen) atoms. The summed E-state index contributed by atoms with van der Waals surface area (Å²) in [6, 6.07) is 11.4. The Kier molecular flexibility index (Phi) is 12.1. The number of nitrogens with zero attached hydrogens (tertiary/aromatic N) is 2. The summed E-state index contributed by atoms with van der Waals surface area (Å²) in [7, 11) is -3.66. The SMILES string of the molecule is CN1CC[C@]23c4c5ccc(OCCN6CCOCC6)c4O[C@H]2[C@@H](O)CC[C@H]3C1C5.COc1cc(S(=O)(=O)O)ccc1O.COc1cc(S(=O)(=O)O)ccc1O. The summed E-state index contributed by atoms with van der Waals surface area (Å²) in [5, 5.41) is 29.1. The van der Waals surface area contributed by atoms with Crippen LogP contribution in [0.1, 0.15) is 30.4 Å². The van der Waals surface area contributed by atoms with Crippen molar-refractivity contribution in [3.8, 4) is 34.5 Å². The van der Waals surface area contributed by atoms with Gasteiger partial charge < -0.3 is 43.9 Å². The molecular weight excluding hydrogens is 761 g/mol. The van der Waals surface area contributed by atoms with Crippen molar-refractivity contribution in [2.24, 2.45) is 5.92 Å². The highest BCUT2D eigenvalue weighted by molar-refractivity contribution is 7.86. The van der Waals surface area contributed by atoms with E-state index in [1.807, 2.05) is 0 Å². The zero-order valence-corrected chi connectivity index (χ0v) is 32.5. The summed E-state index contributed by atoms with van der Waals surface area (Å²) in [4.78, 5) is 4.30. The van der Waals surface area contributed by atoms with Gasteiger partial charge >= 0.3 is 0 Å². The number of aromatic hydroxyl groups is 2. The van der Waals surface area contributed by atoms with E-state index in [1.165, 1.54) is 25.3 Å². The lowest BCUT2D eigenvalue weighted by Crippen LogP contribution is -2.66. The molecule has 1 saturated carbocycles. The molecule has 8 rings (SSSR count). The molecule has 5 atom stereocenters. The number of aliphatic hydroxyl groups excluding tert-OH is 1. The van der Waals surface area contributed by atoms with Crippen LogP contribution in [-0.4, -0.2) is 137 Å². The van der Waals surface area contributed by atoms with E-state index < -0.39 is 20.2 Å². The third kappa shape index (κ3) is 8.32. The van der Waals surface area contributed by atoms with Crippen molar-refractivity contribution < 1.29 is 64.9 Å². The third-order valence-corrected chi connectivity index (χ3v) is 12.9. The number of hydrogen-bond donors (Lipinski definition) is 5. The van der Waals surface area contributed by atoms with Gasteiger partial charge in [0.05, 0.1) is 43.3 Å². The Labute approximate surface area is 320 Å². The molecule has 5 aliphatic rings. The molecule has 5 N–H and O–H groups in total. The molecule has 3 aromatic carbocycles.